The molecule has 1 unspecified atom stereocenters. The first-order valence-corrected chi connectivity index (χ1v) is 10.8. The van der Waals surface area contributed by atoms with Crippen LogP contribution in [-0.4, -0.2) is 18.6 Å². The summed E-state index contributed by atoms with van der Waals surface area (Å²) in [4.78, 5) is 25.1. The van der Waals surface area contributed by atoms with E-state index >= 15 is 0 Å². The molecule has 0 aliphatic carbocycles. The smallest absolute Gasteiger partial charge is 0.338 e. The number of halogens is 2. The van der Waals surface area contributed by atoms with Gasteiger partial charge in [-0.2, -0.15) is 0 Å². The Morgan fingerprint density at radius 2 is 1.90 bits per heavy atom. The summed E-state index contributed by atoms with van der Waals surface area (Å²) in [6, 6.07) is 11.4. The van der Waals surface area contributed by atoms with Crippen LogP contribution in [0.1, 0.15) is 43.9 Å². The van der Waals surface area contributed by atoms with Gasteiger partial charge in [-0.05, 0) is 31.5 Å². The maximum atomic E-state index is 12.8. The first kappa shape index (κ1) is 23.0. The molecule has 6 nitrogen and oxygen atoms in total. The highest BCUT2D eigenvalue weighted by Gasteiger charge is 2.34. The molecule has 0 bridgehead atoms. The van der Waals surface area contributed by atoms with Crippen molar-refractivity contribution in [3.63, 3.8) is 0 Å². The van der Waals surface area contributed by atoms with E-state index in [1.807, 2.05) is 25.1 Å². The van der Waals surface area contributed by atoms with E-state index in [-0.39, 0.29) is 19.2 Å². The van der Waals surface area contributed by atoms with Crippen molar-refractivity contribution in [2.24, 2.45) is 0 Å². The molecule has 1 heterocycles. The van der Waals surface area contributed by atoms with Crippen LogP contribution in [0.15, 0.2) is 53.7 Å². The van der Waals surface area contributed by atoms with Gasteiger partial charge in [-0.3, -0.25) is 0 Å². The van der Waals surface area contributed by atoms with Crippen LogP contribution in [0.4, 0.5) is 4.79 Å². The lowest BCUT2D eigenvalue weighted by atomic mass is 9.93. The minimum Gasteiger partial charge on any atom is -0.488 e. The SMILES string of the molecule is CCCC1=C(C(=O)OCC)C(c2ccccc2OCc2ccc(Cl)cc2Cl)NC(=O)N1. The molecular weight excluding hydrogens is 439 g/mol. The van der Waals surface area contributed by atoms with Gasteiger partial charge in [0, 0.05) is 26.9 Å². The fraction of sp³-hybridized carbons (Fsp3) is 0.304. The molecule has 3 rings (SSSR count). The van der Waals surface area contributed by atoms with E-state index in [0.717, 1.165) is 12.0 Å². The van der Waals surface area contributed by atoms with Crippen molar-refractivity contribution >= 4 is 35.2 Å². The Kier molecular flexibility index (Phi) is 7.82. The predicted octanol–water partition coefficient (Wildman–Crippen LogP) is 5.54. The molecule has 8 heteroatoms. The monoisotopic (exact) mass is 462 g/mol. The van der Waals surface area contributed by atoms with Crippen LogP contribution < -0.4 is 15.4 Å². The van der Waals surface area contributed by atoms with Crippen LogP contribution in [-0.2, 0) is 16.1 Å². The van der Waals surface area contributed by atoms with Crippen molar-refractivity contribution in [3.8, 4) is 5.75 Å². The van der Waals surface area contributed by atoms with Crippen LogP contribution >= 0.6 is 23.2 Å². The lowest BCUT2D eigenvalue weighted by Gasteiger charge is -2.30. The second-order valence-electron chi connectivity index (χ2n) is 6.96. The number of hydrogen-bond acceptors (Lipinski definition) is 4. The molecule has 2 aromatic carbocycles. The minimum absolute atomic E-state index is 0.201. The number of carbonyl (C=O) groups is 2. The van der Waals surface area contributed by atoms with Crippen molar-refractivity contribution in [1.82, 2.24) is 10.6 Å². The molecule has 2 aromatic rings. The number of ether oxygens (including phenoxy) is 2. The summed E-state index contributed by atoms with van der Waals surface area (Å²) in [5.74, 6) is 0.0531. The molecule has 0 spiro atoms. The summed E-state index contributed by atoms with van der Waals surface area (Å²) in [5, 5.41) is 6.63. The fourth-order valence-electron chi connectivity index (χ4n) is 3.39. The molecule has 0 saturated heterocycles. The highest BCUT2D eigenvalue weighted by molar-refractivity contribution is 6.35. The van der Waals surface area contributed by atoms with Gasteiger partial charge < -0.3 is 20.1 Å². The van der Waals surface area contributed by atoms with Crippen LogP contribution in [0.3, 0.4) is 0 Å². The quantitative estimate of drug-likeness (QED) is 0.504. The molecule has 31 heavy (non-hydrogen) atoms. The molecule has 0 aromatic heterocycles. The lowest BCUT2D eigenvalue weighted by Crippen LogP contribution is -2.46. The molecule has 2 amide bonds. The van der Waals surface area contributed by atoms with Gasteiger partial charge in [0.25, 0.3) is 0 Å². The minimum atomic E-state index is -0.703. The van der Waals surface area contributed by atoms with E-state index in [1.165, 1.54) is 0 Å². The lowest BCUT2D eigenvalue weighted by molar-refractivity contribution is -0.139. The Labute approximate surface area is 191 Å². The van der Waals surface area contributed by atoms with E-state index in [1.54, 1.807) is 31.2 Å². The molecule has 1 aliphatic rings. The molecule has 0 radical (unpaired) electrons. The second-order valence-corrected chi connectivity index (χ2v) is 7.80. The summed E-state index contributed by atoms with van der Waals surface area (Å²) < 4.78 is 11.3. The molecule has 0 saturated carbocycles. The van der Waals surface area contributed by atoms with Crippen LogP contribution in [0.25, 0.3) is 0 Å². The molecule has 1 aliphatic heterocycles. The average molecular weight is 463 g/mol. The van der Waals surface area contributed by atoms with Gasteiger partial charge in [-0.15, -0.1) is 0 Å². The predicted molar refractivity (Wildman–Crippen MR) is 120 cm³/mol. The second kappa shape index (κ2) is 10.6. The number of urea groups is 1. The highest BCUT2D eigenvalue weighted by atomic mass is 35.5. The summed E-state index contributed by atoms with van der Waals surface area (Å²) in [5.41, 5.74) is 2.36. The van der Waals surface area contributed by atoms with E-state index in [9.17, 15) is 9.59 Å². The van der Waals surface area contributed by atoms with Gasteiger partial charge in [0.15, 0.2) is 0 Å². The molecule has 0 fully saturated rings. The Balaban J connectivity index is 1.97. The molecular formula is C23H24Cl2N2O4. The maximum Gasteiger partial charge on any atom is 0.338 e. The maximum absolute atomic E-state index is 12.8. The first-order chi connectivity index (χ1) is 14.9. The summed E-state index contributed by atoms with van der Waals surface area (Å²) >= 11 is 12.2. The number of rotatable bonds is 8. The van der Waals surface area contributed by atoms with Gasteiger partial charge in [-0.1, -0.05) is 60.8 Å². The van der Waals surface area contributed by atoms with Gasteiger partial charge in [0.2, 0.25) is 0 Å². The van der Waals surface area contributed by atoms with E-state index in [4.69, 9.17) is 32.7 Å². The topological polar surface area (TPSA) is 76.7 Å². The Morgan fingerprint density at radius 1 is 1.13 bits per heavy atom. The molecule has 164 valence electrons. The van der Waals surface area contributed by atoms with Crippen molar-refractivity contribution in [3.05, 3.63) is 74.9 Å². The fourth-order valence-corrected chi connectivity index (χ4v) is 3.86. The van der Waals surface area contributed by atoms with Crippen molar-refractivity contribution in [1.29, 1.82) is 0 Å². The zero-order valence-electron chi connectivity index (χ0n) is 17.3. The summed E-state index contributed by atoms with van der Waals surface area (Å²) in [7, 11) is 0. The van der Waals surface area contributed by atoms with Crippen LogP contribution in [0.5, 0.6) is 5.75 Å². The zero-order valence-corrected chi connectivity index (χ0v) is 18.8. The number of amides is 2. The standard InChI is InChI=1S/C23H24Cl2N2O4/c1-3-7-18-20(22(28)30-4-2)21(27-23(29)26-18)16-8-5-6-9-19(16)31-13-14-10-11-15(24)12-17(14)25/h5-6,8-12,21H,3-4,7,13H2,1-2H3,(H2,26,27,29). The number of esters is 1. The van der Waals surface area contributed by atoms with E-state index in [0.29, 0.717) is 39.0 Å². The number of allylic oxidation sites excluding steroid dienone is 1. The Hall–Kier alpha value is -2.70. The van der Waals surface area contributed by atoms with Crippen LogP contribution in [0, 0.1) is 0 Å². The first-order valence-electron chi connectivity index (χ1n) is 10.1. The third kappa shape index (κ3) is 5.51. The van der Waals surface area contributed by atoms with Crippen LogP contribution in [0.2, 0.25) is 10.0 Å². The Morgan fingerprint density at radius 3 is 2.61 bits per heavy atom. The normalized spacial score (nSPS) is 15.9. The highest BCUT2D eigenvalue weighted by Crippen LogP contribution is 2.35. The van der Waals surface area contributed by atoms with Gasteiger partial charge in [-0.25, -0.2) is 9.59 Å². The average Bonchev–Trinajstić information content (AvgIpc) is 2.73. The number of benzene rings is 2. The largest absolute Gasteiger partial charge is 0.488 e. The molecule has 2 N–H and O–H groups in total. The van der Waals surface area contributed by atoms with E-state index in [2.05, 4.69) is 10.6 Å². The van der Waals surface area contributed by atoms with Crippen molar-refractivity contribution < 1.29 is 19.1 Å². The zero-order chi connectivity index (χ0) is 22.4. The number of nitrogens with one attached hydrogen (secondary N) is 2. The summed E-state index contributed by atoms with van der Waals surface area (Å²) in [6.45, 7) is 4.16. The van der Waals surface area contributed by atoms with Gasteiger partial charge in [0.05, 0.1) is 18.2 Å². The number of carbonyl (C=O) groups excluding carboxylic acids is 2. The van der Waals surface area contributed by atoms with Gasteiger partial charge in [0.1, 0.15) is 12.4 Å². The Bertz CT molecular complexity index is 1010. The van der Waals surface area contributed by atoms with E-state index < -0.39 is 12.0 Å². The molecule has 1 atom stereocenters. The van der Waals surface area contributed by atoms with Gasteiger partial charge >= 0.3 is 12.0 Å². The van der Waals surface area contributed by atoms with Crippen molar-refractivity contribution in [2.75, 3.05) is 6.61 Å². The van der Waals surface area contributed by atoms with Crippen molar-refractivity contribution in [2.45, 2.75) is 39.3 Å². The third-order valence-electron chi connectivity index (χ3n) is 4.78. The number of para-hydroxylation sites is 1. The summed E-state index contributed by atoms with van der Waals surface area (Å²) in [6.07, 6.45) is 1.31. The number of hydrogen-bond donors (Lipinski definition) is 2. The third-order valence-corrected chi connectivity index (χ3v) is 5.36.